The van der Waals surface area contributed by atoms with Gasteiger partial charge in [-0.25, -0.2) is 0 Å². The Balaban J connectivity index is 1.87. The van der Waals surface area contributed by atoms with E-state index in [4.69, 9.17) is 25.7 Å². The smallest absolute Gasteiger partial charge is 0.273 e. The minimum Gasteiger partial charge on any atom is -0.486 e. The number of hydrogen-bond donors (Lipinski definition) is 3. The lowest BCUT2D eigenvalue weighted by Gasteiger charge is -2.32. The van der Waals surface area contributed by atoms with Crippen LogP contribution < -0.4 is 36.1 Å². The van der Waals surface area contributed by atoms with E-state index < -0.39 is 23.8 Å². The second kappa shape index (κ2) is 12.0. The van der Waals surface area contributed by atoms with Gasteiger partial charge >= 0.3 is 0 Å². The Morgan fingerprint density at radius 3 is 2.36 bits per heavy atom. The molecule has 12 nitrogen and oxygen atoms in total. The topological polar surface area (TPSA) is 162 Å². The molecule has 5 N–H and O–H groups in total. The number of carbonyl (C=O) groups is 3. The molecule has 39 heavy (non-hydrogen) atoms. The number of amides is 3. The van der Waals surface area contributed by atoms with Crippen molar-refractivity contribution in [3.63, 3.8) is 0 Å². The van der Waals surface area contributed by atoms with Crippen molar-refractivity contribution >= 4 is 46.3 Å². The minimum atomic E-state index is -1.13. The molecule has 1 aromatic heterocycles. The Kier molecular flexibility index (Phi) is 8.52. The maximum Gasteiger partial charge on any atom is 0.273 e. The standard InChI is InChI=1S/C26H30N6O6S/c1-31(2)16-6-4-15(5-7-16)22(25(34)29-10-11-36-3)32(17-8-9-18-19(14-17)38-13-12-37-18)26(35)23-20(27)21(24(28)33)30-39-23/h4-9,14,22H,10-13,27H2,1-3H3,(H2,28,33)(H,29,34). The second-order valence-electron chi connectivity index (χ2n) is 8.81. The van der Waals surface area contributed by atoms with Gasteiger partial charge in [-0.1, -0.05) is 12.1 Å². The van der Waals surface area contributed by atoms with E-state index in [2.05, 4.69) is 9.69 Å². The molecule has 0 radical (unpaired) electrons. The van der Waals surface area contributed by atoms with Gasteiger partial charge in [-0.2, -0.15) is 4.37 Å². The fourth-order valence-electron chi connectivity index (χ4n) is 4.05. The summed E-state index contributed by atoms with van der Waals surface area (Å²) >= 11 is 0.735. The van der Waals surface area contributed by atoms with Gasteiger partial charge in [0.2, 0.25) is 5.91 Å². The number of benzene rings is 2. The molecule has 0 saturated carbocycles. The van der Waals surface area contributed by atoms with Crippen molar-refractivity contribution in [1.29, 1.82) is 0 Å². The molecule has 0 bridgehead atoms. The highest BCUT2D eigenvalue weighted by Gasteiger charge is 2.36. The SMILES string of the molecule is COCCNC(=O)C(c1ccc(N(C)C)cc1)N(C(=O)c1snc(C(N)=O)c1N)c1ccc2c(c1)OCCO2. The number of hydrogen-bond acceptors (Lipinski definition) is 10. The van der Waals surface area contributed by atoms with E-state index in [1.165, 1.54) is 12.0 Å². The molecule has 3 aromatic rings. The molecule has 2 aromatic carbocycles. The summed E-state index contributed by atoms with van der Waals surface area (Å²) in [7, 11) is 5.33. The Bertz CT molecular complexity index is 1360. The van der Waals surface area contributed by atoms with E-state index in [1.807, 2.05) is 31.1 Å². The van der Waals surface area contributed by atoms with E-state index >= 15 is 0 Å². The van der Waals surface area contributed by atoms with Gasteiger partial charge in [0.05, 0.1) is 12.3 Å². The molecule has 13 heteroatoms. The number of nitrogens with two attached hydrogens (primary N) is 2. The molecule has 0 saturated heterocycles. The molecule has 4 rings (SSSR count). The molecule has 0 aliphatic carbocycles. The largest absolute Gasteiger partial charge is 0.486 e. The summed E-state index contributed by atoms with van der Waals surface area (Å²) in [5.41, 5.74) is 13.0. The number of methoxy groups -OCH3 is 1. The first-order valence-corrected chi connectivity index (χ1v) is 12.8. The Hall–Kier alpha value is -4.36. The Morgan fingerprint density at radius 1 is 1.08 bits per heavy atom. The molecule has 2 heterocycles. The van der Waals surface area contributed by atoms with Gasteiger partial charge in [-0.3, -0.25) is 19.3 Å². The summed E-state index contributed by atoms with van der Waals surface area (Å²) in [5.74, 6) is -1.01. The molecular formula is C26H30N6O6S. The first-order valence-electron chi connectivity index (χ1n) is 12.0. The van der Waals surface area contributed by atoms with E-state index in [1.54, 1.807) is 30.3 Å². The van der Waals surface area contributed by atoms with Crippen LogP contribution in [-0.2, 0) is 9.53 Å². The van der Waals surface area contributed by atoms with Crippen molar-refractivity contribution in [2.45, 2.75) is 6.04 Å². The van der Waals surface area contributed by atoms with Gasteiger partial charge in [-0.15, -0.1) is 0 Å². The van der Waals surface area contributed by atoms with Crippen LogP contribution in [0, 0.1) is 0 Å². The highest BCUT2D eigenvalue weighted by molar-refractivity contribution is 7.09. The zero-order valence-corrected chi connectivity index (χ0v) is 22.6. The number of aromatic nitrogens is 1. The zero-order chi connectivity index (χ0) is 28.1. The maximum absolute atomic E-state index is 14.2. The van der Waals surface area contributed by atoms with Crippen molar-refractivity contribution in [2.24, 2.45) is 5.73 Å². The first-order chi connectivity index (χ1) is 18.7. The van der Waals surface area contributed by atoms with Gasteiger partial charge in [-0.05, 0) is 41.4 Å². The summed E-state index contributed by atoms with van der Waals surface area (Å²) < 4.78 is 20.5. The number of ether oxygens (including phenoxy) is 3. The quantitative estimate of drug-likeness (QED) is 0.317. The van der Waals surface area contributed by atoms with Crippen molar-refractivity contribution in [3.05, 3.63) is 58.6 Å². The molecule has 0 spiro atoms. The third kappa shape index (κ3) is 5.89. The number of primary amides is 1. The molecule has 3 amide bonds. The van der Waals surface area contributed by atoms with Crippen LogP contribution in [0.1, 0.15) is 31.8 Å². The van der Waals surface area contributed by atoms with Crippen LogP contribution >= 0.6 is 11.5 Å². The van der Waals surface area contributed by atoms with Crippen LogP contribution in [-0.4, -0.2) is 69.7 Å². The molecule has 206 valence electrons. The van der Waals surface area contributed by atoms with Crippen LogP contribution in [0.4, 0.5) is 17.1 Å². The lowest BCUT2D eigenvalue weighted by molar-refractivity contribution is -0.122. The summed E-state index contributed by atoms with van der Waals surface area (Å²) in [6.07, 6.45) is 0. The predicted molar refractivity (Wildman–Crippen MR) is 148 cm³/mol. The molecule has 1 unspecified atom stereocenters. The van der Waals surface area contributed by atoms with Gasteiger partial charge in [0, 0.05) is 45.2 Å². The zero-order valence-electron chi connectivity index (χ0n) is 21.8. The summed E-state index contributed by atoms with van der Waals surface area (Å²) in [6.45, 7) is 1.23. The van der Waals surface area contributed by atoms with E-state index in [9.17, 15) is 14.4 Å². The normalized spacial score (nSPS) is 12.9. The third-order valence-electron chi connectivity index (χ3n) is 6.02. The molecule has 1 aliphatic heterocycles. The lowest BCUT2D eigenvalue weighted by Crippen LogP contribution is -2.44. The van der Waals surface area contributed by atoms with Crippen molar-refractivity contribution < 1.29 is 28.6 Å². The number of rotatable bonds is 10. The fraction of sp³-hybridized carbons (Fsp3) is 0.308. The summed E-state index contributed by atoms with van der Waals surface area (Å²) in [5, 5.41) is 2.83. The number of carbonyl (C=O) groups excluding carboxylic acids is 3. The van der Waals surface area contributed by atoms with Crippen LogP contribution in [0.3, 0.4) is 0 Å². The summed E-state index contributed by atoms with van der Waals surface area (Å²) in [4.78, 5) is 42.9. The van der Waals surface area contributed by atoms with Crippen LogP contribution in [0.5, 0.6) is 11.5 Å². The fourth-order valence-corrected chi connectivity index (χ4v) is 4.79. The Labute approximate surface area is 229 Å². The van der Waals surface area contributed by atoms with E-state index in [-0.39, 0.29) is 29.4 Å². The van der Waals surface area contributed by atoms with Crippen LogP contribution in [0.25, 0.3) is 0 Å². The van der Waals surface area contributed by atoms with Gasteiger partial charge in [0.25, 0.3) is 11.8 Å². The van der Waals surface area contributed by atoms with E-state index in [0.29, 0.717) is 36.0 Å². The number of fused-ring (bicyclic) bond motifs is 1. The maximum atomic E-state index is 14.2. The van der Waals surface area contributed by atoms with Gasteiger partial charge < -0.3 is 35.9 Å². The number of nitrogen functional groups attached to an aromatic ring is 1. The van der Waals surface area contributed by atoms with E-state index in [0.717, 1.165) is 17.2 Å². The lowest BCUT2D eigenvalue weighted by atomic mass is 10.0. The van der Waals surface area contributed by atoms with Crippen LogP contribution in [0.15, 0.2) is 42.5 Å². The highest BCUT2D eigenvalue weighted by Crippen LogP contribution is 2.39. The van der Waals surface area contributed by atoms with Crippen molar-refractivity contribution in [2.75, 3.05) is 63.1 Å². The van der Waals surface area contributed by atoms with Crippen molar-refractivity contribution in [1.82, 2.24) is 9.69 Å². The monoisotopic (exact) mass is 554 g/mol. The first kappa shape index (κ1) is 27.7. The average molecular weight is 555 g/mol. The molecule has 1 atom stereocenters. The molecule has 1 aliphatic rings. The summed E-state index contributed by atoms with van der Waals surface area (Å²) in [6, 6.07) is 11.1. The number of nitrogens with one attached hydrogen (secondary N) is 1. The van der Waals surface area contributed by atoms with Gasteiger partial charge in [0.1, 0.15) is 24.1 Å². The second-order valence-corrected chi connectivity index (χ2v) is 9.59. The molecule has 0 fully saturated rings. The Morgan fingerprint density at radius 2 is 1.74 bits per heavy atom. The molecular weight excluding hydrogens is 524 g/mol. The van der Waals surface area contributed by atoms with Gasteiger partial charge in [0.15, 0.2) is 17.2 Å². The predicted octanol–water partition coefficient (Wildman–Crippen LogP) is 1.81. The average Bonchev–Trinajstić information content (AvgIpc) is 3.32. The third-order valence-corrected chi connectivity index (χ3v) is 6.87. The minimum absolute atomic E-state index is 0.0294. The van der Waals surface area contributed by atoms with Crippen LogP contribution in [0.2, 0.25) is 0 Å². The highest BCUT2D eigenvalue weighted by atomic mass is 32.1. The number of anilines is 3. The number of nitrogens with zero attached hydrogens (tertiary/aromatic N) is 3. The van der Waals surface area contributed by atoms with Crippen molar-refractivity contribution in [3.8, 4) is 11.5 Å².